The fourth-order valence-corrected chi connectivity index (χ4v) is 3.83. The summed E-state index contributed by atoms with van der Waals surface area (Å²) in [5, 5.41) is 10.1. The van der Waals surface area contributed by atoms with Gasteiger partial charge in [-0.15, -0.1) is 0 Å². The van der Waals surface area contributed by atoms with Gasteiger partial charge in [0, 0.05) is 13.1 Å². The number of esters is 1. The molecule has 3 unspecified atom stereocenters. The molecule has 1 fully saturated rings. The summed E-state index contributed by atoms with van der Waals surface area (Å²) >= 11 is 0. The van der Waals surface area contributed by atoms with Crippen molar-refractivity contribution in [3.63, 3.8) is 0 Å². The van der Waals surface area contributed by atoms with E-state index in [9.17, 15) is 14.7 Å². The molecule has 28 heavy (non-hydrogen) atoms. The topological polar surface area (TPSA) is 70.1 Å². The summed E-state index contributed by atoms with van der Waals surface area (Å²) in [4.78, 5) is 28.5. The molecule has 0 amide bonds. The molecule has 0 radical (unpaired) electrons. The molecule has 1 aliphatic rings. The van der Waals surface area contributed by atoms with Gasteiger partial charge in [-0.05, 0) is 18.1 Å². The lowest BCUT2D eigenvalue weighted by molar-refractivity contribution is -0.150. The van der Waals surface area contributed by atoms with Crippen molar-refractivity contribution in [1.29, 1.82) is 0 Å². The molecular weight excluding hydrogens is 356 g/mol. The molecule has 0 aromatic heterocycles. The minimum atomic E-state index is -0.718. The third-order valence-electron chi connectivity index (χ3n) is 5.08. The van der Waals surface area contributed by atoms with Gasteiger partial charge < -0.3 is 14.6 Å². The van der Waals surface area contributed by atoms with E-state index in [1.165, 1.54) is 0 Å². The second-order valence-electron chi connectivity index (χ2n) is 6.81. The zero-order valence-corrected chi connectivity index (χ0v) is 16.0. The molecule has 6 heteroatoms. The molecule has 1 saturated heterocycles. The Morgan fingerprint density at radius 3 is 2.00 bits per heavy atom. The highest BCUT2D eigenvalue weighted by molar-refractivity contribution is 5.78. The monoisotopic (exact) mass is 382 g/mol. The van der Waals surface area contributed by atoms with E-state index in [1.807, 2.05) is 70.5 Å². The van der Waals surface area contributed by atoms with E-state index in [0.717, 1.165) is 17.4 Å². The van der Waals surface area contributed by atoms with Gasteiger partial charge in [0.05, 0.1) is 19.3 Å². The number of nitrogens with zero attached hydrogens (tertiary/aromatic N) is 2. The fourth-order valence-electron chi connectivity index (χ4n) is 3.83. The molecule has 0 spiro atoms. The third-order valence-corrected chi connectivity index (χ3v) is 5.08. The van der Waals surface area contributed by atoms with Crippen LogP contribution in [0, 0.1) is 0 Å². The van der Waals surface area contributed by atoms with Crippen molar-refractivity contribution in [2.75, 3.05) is 13.2 Å². The highest BCUT2D eigenvalue weighted by atomic mass is 16.5. The Labute approximate surface area is 165 Å². The molecule has 1 N–H and O–H groups in total. The molecule has 0 bridgehead atoms. The minimum absolute atomic E-state index is 0.244. The molecule has 6 nitrogen and oxygen atoms in total. The van der Waals surface area contributed by atoms with Crippen LogP contribution in [-0.2, 0) is 27.4 Å². The van der Waals surface area contributed by atoms with Gasteiger partial charge in [-0.1, -0.05) is 60.7 Å². The standard InChI is InChI=1S/C22H26N2O4/c1-2-28-22(27)21-19(15-25)23(13-17-9-5-3-6-10-17)20(16-26)24(21)14-18-11-7-4-8-12-18/h3-12,16,19-21,25H,2,13-15H2,1H3. The van der Waals surface area contributed by atoms with Crippen molar-refractivity contribution < 1.29 is 19.4 Å². The number of carbonyl (C=O) groups is 2. The van der Waals surface area contributed by atoms with Crippen LogP contribution < -0.4 is 0 Å². The number of rotatable bonds is 8. The number of aliphatic hydroxyl groups excluding tert-OH is 1. The van der Waals surface area contributed by atoms with Crippen molar-refractivity contribution in [3.8, 4) is 0 Å². The Balaban J connectivity index is 1.95. The van der Waals surface area contributed by atoms with E-state index >= 15 is 0 Å². The van der Waals surface area contributed by atoms with Gasteiger partial charge in [-0.3, -0.25) is 14.6 Å². The van der Waals surface area contributed by atoms with Gasteiger partial charge in [0.2, 0.25) is 0 Å². The van der Waals surface area contributed by atoms with Crippen LogP contribution in [0.3, 0.4) is 0 Å². The maximum absolute atomic E-state index is 12.8. The number of hydrogen-bond acceptors (Lipinski definition) is 6. The molecule has 3 rings (SSSR count). The first-order valence-electron chi connectivity index (χ1n) is 9.51. The van der Waals surface area contributed by atoms with Crippen LogP contribution >= 0.6 is 0 Å². The van der Waals surface area contributed by atoms with E-state index in [-0.39, 0.29) is 13.2 Å². The molecule has 148 valence electrons. The van der Waals surface area contributed by atoms with Crippen LogP contribution in [-0.4, -0.2) is 58.6 Å². The van der Waals surface area contributed by atoms with Gasteiger partial charge in [-0.2, -0.15) is 0 Å². The van der Waals surface area contributed by atoms with Crippen LogP contribution in [0.4, 0.5) is 0 Å². The van der Waals surface area contributed by atoms with Crippen molar-refractivity contribution in [2.45, 2.75) is 38.3 Å². The Kier molecular flexibility index (Phi) is 6.92. The Bertz CT molecular complexity index is 769. The van der Waals surface area contributed by atoms with Gasteiger partial charge >= 0.3 is 5.97 Å². The highest BCUT2D eigenvalue weighted by Crippen LogP contribution is 2.30. The lowest BCUT2D eigenvalue weighted by atomic mass is 10.1. The highest BCUT2D eigenvalue weighted by Gasteiger charge is 2.50. The quantitative estimate of drug-likeness (QED) is 0.555. The fraction of sp³-hybridized carbons (Fsp3) is 0.364. The van der Waals surface area contributed by atoms with Gasteiger partial charge in [0.25, 0.3) is 0 Å². The number of hydrogen-bond donors (Lipinski definition) is 1. The van der Waals surface area contributed by atoms with Crippen LogP contribution in [0.15, 0.2) is 60.7 Å². The van der Waals surface area contributed by atoms with Crippen molar-refractivity contribution >= 4 is 12.3 Å². The first kappa shape index (κ1) is 20.2. The van der Waals surface area contributed by atoms with E-state index in [1.54, 1.807) is 6.92 Å². The minimum Gasteiger partial charge on any atom is -0.465 e. The first-order chi connectivity index (χ1) is 13.7. The van der Waals surface area contributed by atoms with E-state index < -0.39 is 24.2 Å². The second-order valence-corrected chi connectivity index (χ2v) is 6.81. The number of aliphatic hydroxyl groups is 1. The number of ether oxygens (including phenoxy) is 1. The molecule has 0 saturated carbocycles. The zero-order valence-electron chi connectivity index (χ0n) is 16.0. The maximum atomic E-state index is 12.8. The predicted molar refractivity (Wildman–Crippen MR) is 105 cm³/mol. The Morgan fingerprint density at radius 1 is 1.00 bits per heavy atom. The largest absolute Gasteiger partial charge is 0.465 e. The summed E-state index contributed by atoms with van der Waals surface area (Å²) in [5.74, 6) is -0.417. The Morgan fingerprint density at radius 2 is 1.54 bits per heavy atom. The zero-order chi connectivity index (χ0) is 19.9. The van der Waals surface area contributed by atoms with Crippen molar-refractivity contribution in [3.05, 3.63) is 71.8 Å². The van der Waals surface area contributed by atoms with E-state index in [2.05, 4.69) is 0 Å². The van der Waals surface area contributed by atoms with E-state index in [0.29, 0.717) is 13.1 Å². The van der Waals surface area contributed by atoms with Crippen molar-refractivity contribution in [1.82, 2.24) is 9.80 Å². The maximum Gasteiger partial charge on any atom is 0.325 e. The molecular formula is C22H26N2O4. The molecule has 0 aliphatic carbocycles. The lowest BCUT2D eigenvalue weighted by Gasteiger charge is -2.27. The molecule has 1 heterocycles. The predicted octanol–water partition coefficient (Wildman–Crippen LogP) is 1.82. The molecule has 2 aromatic rings. The number of carbonyl (C=O) groups excluding carboxylic acids is 2. The Hall–Kier alpha value is -2.54. The summed E-state index contributed by atoms with van der Waals surface area (Å²) in [6.45, 7) is 2.62. The summed E-state index contributed by atoms with van der Waals surface area (Å²) < 4.78 is 5.28. The van der Waals surface area contributed by atoms with Crippen LogP contribution in [0.5, 0.6) is 0 Å². The summed E-state index contributed by atoms with van der Waals surface area (Å²) in [5.41, 5.74) is 2.00. The normalized spacial score (nSPS) is 22.9. The SMILES string of the molecule is CCOC(=O)C1C(CO)N(Cc2ccccc2)C(C=O)N1Cc1ccccc1. The second kappa shape index (κ2) is 9.59. The van der Waals surface area contributed by atoms with E-state index in [4.69, 9.17) is 4.74 Å². The molecule has 3 atom stereocenters. The van der Waals surface area contributed by atoms with Gasteiger partial charge in [0.1, 0.15) is 12.2 Å². The number of benzene rings is 2. The van der Waals surface area contributed by atoms with Crippen LogP contribution in [0.2, 0.25) is 0 Å². The van der Waals surface area contributed by atoms with Crippen LogP contribution in [0.25, 0.3) is 0 Å². The van der Waals surface area contributed by atoms with Gasteiger partial charge in [0.15, 0.2) is 6.29 Å². The average Bonchev–Trinajstić information content (AvgIpc) is 3.01. The summed E-state index contributed by atoms with van der Waals surface area (Å²) in [6.07, 6.45) is 0.209. The molecule has 1 aliphatic heterocycles. The summed E-state index contributed by atoms with van der Waals surface area (Å²) in [6, 6.07) is 18.2. The average molecular weight is 382 g/mol. The van der Waals surface area contributed by atoms with Gasteiger partial charge in [-0.25, -0.2) is 0 Å². The third kappa shape index (κ3) is 4.30. The summed E-state index contributed by atoms with van der Waals surface area (Å²) in [7, 11) is 0. The smallest absolute Gasteiger partial charge is 0.325 e. The van der Waals surface area contributed by atoms with Crippen LogP contribution in [0.1, 0.15) is 18.1 Å². The molecule has 2 aromatic carbocycles. The number of aldehydes is 1. The lowest BCUT2D eigenvalue weighted by Crippen LogP contribution is -2.46. The first-order valence-corrected chi connectivity index (χ1v) is 9.51. The van der Waals surface area contributed by atoms with Crippen molar-refractivity contribution in [2.24, 2.45) is 0 Å².